The van der Waals surface area contributed by atoms with Crippen LogP contribution >= 0.6 is 0 Å². The van der Waals surface area contributed by atoms with Gasteiger partial charge in [-0.1, -0.05) is 19.9 Å². The van der Waals surface area contributed by atoms with E-state index in [1.54, 1.807) is 55.3 Å². The summed E-state index contributed by atoms with van der Waals surface area (Å²) in [4.78, 5) is 33.9. The molecule has 0 aliphatic heterocycles. The lowest BCUT2D eigenvalue weighted by atomic mass is 9.93. The fourth-order valence-corrected chi connectivity index (χ4v) is 3.90. The first-order chi connectivity index (χ1) is 18.6. The van der Waals surface area contributed by atoms with Crippen LogP contribution in [0.2, 0.25) is 0 Å². The molecule has 0 saturated heterocycles. The Hall–Kier alpha value is -4.79. The molecule has 12 nitrogen and oxygen atoms in total. The summed E-state index contributed by atoms with van der Waals surface area (Å²) in [7, 11) is 3.08. The lowest BCUT2D eigenvalue weighted by Gasteiger charge is -2.26. The van der Waals surface area contributed by atoms with Gasteiger partial charge in [-0.25, -0.2) is 4.98 Å². The first-order valence-corrected chi connectivity index (χ1v) is 12.4. The quantitative estimate of drug-likeness (QED) is 0.202. The van der Waals surface area contributed by atoms with Crippen LogP contribution in [0, 0.1) is 22.7 Å². The molecule has 0 bridgehead atoms. The fourth-order valence-electron chi connectivity index (χ4n) is 3.90. The van der Waals surface area contributed by atoms with Crippen molar-refractivity contribution in [2.75, 3.05) is 37.9 Å². The molecule has 12 heteroatoms. The van der Waals surface area contributed by atoms with Gasteiger partial charge in [-0.2, -0.15) is 10.2 Å². The zero-order chi connectivity index (χ0) is 28.2. The number of benzene rings is 1. The van der Waals surface area contributed by atoms with Crippen molar-refractivity contribution in [2.24, 2.45) is 17.1 Å². The van der Waals surface area contributed by atoms with Gasteiger partial charge in [-0.05, 0) is 24.2 Å². The number of hydrogen-bond acceptors (Lipinski definition) is 9. The van der Waals surface area contributed by atoms with Gasteiger partial charge in [0.25, 0.3) is 11.8 Å². The normalized spacial score (nSPS) is 13.5. The summed E-state index contributed by atoms with van der Waals surface area (Å²) in [5, 5.41) is 18.6. The molecule has 204 valence electrons. The second-order valence-electron chi connectivity index (χ2n) is 10.1. The molecule has 0 radical (unpaired) electrons. The van der Waals surface area contributed by atoms with Crippen LogP contribution in [-0.2, 0) is 4.79 Å². The van der Waals surface area contributed by atoms with Crippen LogP contribution in [0.5, 0.6) is 11.5 Å². The minimum absolute atomic E-state index is 0.116. The minimum Gasteiger partial charge on any atom is -0.497 e. The van der Waals surface area contributed by atoms with Gasteiger partial charge in [0.1, 0.15) is 28.7 Å². The molecule has 2 aromatic heterocycles. The van der Waals surface area contributed by atoms with Gasteiger partial charge in [0.2, 0.25) is 5.95 Å². The molecule has 4 rings (SSSR count). The van der Waals surface area contributed by atoms with E-state index in [4.69, 9.17) is 15.2 Å². The van der Waals surface area contributed by atoms with Crippen LogP contribution in [-0.4, -0.2) is 53.5 Å². The average Bonchev–Trinajstić information content (AvgIpc) is 3.61. The summed E-state index contributed by atoms with van der Waals surface area (Å²) in [5.41, 5.74) is 6.47. The Morgan fingerprint density at radius 3 is 2.49 bits per heavy atom. The van der Waals surface area contributed by atoms with Crippen LogP contribution < -0.4 is 31.2 Å². The molecule has 5 N–H and O–H groups in total. The van der Waals surface area contributed by atoms with E-state index in [2.05, 4.69) is 25.9 Å². The summed E-state index contributed by atoms with van der Waals surface area (Å²) in [6.45, 7) is 4.68. The predicted octanol–water partition coefficient (Wildman–Crippen LogP) is 3.00. The molecular weight excluding hydrogens is 500 g/mol. The van der Waals surface area contributed by atoms with Crippen molar-refractivity contribution in [3.05, 3.63) is 47.8 Å². The zero-order valence-corrected chi connectivity index (χ0v) is 22.4. The Labute approximate surface area is 226 Å². The number of nitrogens with one attached hydrogen (secondary N) is 3. The molecular formula is C27H32N8O4. The van der Waals surface area contributed by atoms with E-state index in [0.717, 1.165) is 12.8 Å². The van der Waals surface area contributed by atoms with Crippen molar-refractivity contribution in [2.45, 2.75) is 26.7 Å². The van der Waals surface area contributed by atoms with Gasteiger partial charge in [0, 0.05) is 49.4 Å². The third-order valence-electron chi connectivity index (χ3n) is 6.25. The van der Waals surface area contributed by atoms with Crippen molar-refractivity contribution >= 4 is 34.9 Å². The Bertz CT molecular complexity index is 1440. The number of nitriles is 1. The zero-order valence-electron chi connectivity index (χ0n) is 22.4. The number of allylic oxidation sites excluding steroid dienone is 1. The number of primary amides is 1. The Kier molecular flexibility index (Phi) is 7.90. The predicted molar refractivity (Wildman–Crippen MR) is 146 cm³/mol. The topological polar surface area (TPSA) is 169 Å². The van der Waals surface area contributed by atoms with Crippen molar-refractivity contribution in [3.63, 3.8) is 0 Å². The highest BCUT2D eigenvalue weighted by Crippen LogP contribution is 2.32. The van der Waals surface area contributed by atoms with E-state index in [9.17, 15) is 14.9 Å². The highest BCUT2D eigenvalue weighted by atomic mass is 16.5. The molecule has 1 aliphatic carbocycles. The van der Waals surface area contributed by atoms with E-state index in [-0.39, 0.29) is 22.9 Å². The van der Waals surface area contributed by atoms with E-state index >= 15 is 0 Å². The first kappa shape index (κ1) is 27.3. The molecule has 1 saturated carbocycles. The lowest BCUT2D eigenvalue weighted by molar-refractivity contribution is -0.117. The number of methoxy groups -OCH3 is 2. The molecule has 0 atom stereocenters. The molecule has 39 heavy (non-hydrogen) atoms. The summed E-state index contributed by atoms with van der Waals surface area (Å²) < 4.78 is 12.3. The number of rotatable bonds is 12. The number of hydrogen-bond donors (Lipinski definition) is 4. The third-order valence-corrected chi connectivity index (χ3v) is 6.25. The Morgan fingerprint density at radius 1 is 1.21 bits per heavy atom. The molecule has 3 aromatic rings. The summed E-state index contributed by atoms with van der Waals surface area (Å²) in [6, 6.07) is 7.18. The Morgan fingerprint density at radius 2 is 1.90 bits per heavy atom. The van der Waals surface area contributed by atoms with Gasteiger partial charge in [0.05, 0.1) is 14.2 Å². The highest BCUT2D eigenvalue weighted by Gasteiger charge is 2.25. The van der Waals surface area contributed by atoms with Crippen molar-refractivity contribution in [3.8, 4) is 17.6 Å². The number of nitrogens with two attached hydrogens (primary N) is 1. The van der Waals surface area contributed by atoms with Crippen LogP contribution in [0.15, 0.2) is 42.2 Å². The molecule has 1 aliphatic rings. The van der Waals surface area contributed by atoms with Crippen LogP contribution in [0.3, 0.4) is 0 Å². The number of amides is 2. The number of nitrogens with zero attached hydrogens (tertiary/aromatic N) is 4. The maximum atomic E-state index is 12.5. The molecule has 0 unspecified atom stereocenters. The van der Waals surface area contributed by atoms with E-state index < -0.39 is 11.3 Å². The maximum absolute atomic E-state index is 12.5. The Balaban J connectivity index is 1.56. The number of anilines is 3. The van der Waals surface area contributed by atoms with Gasteiger partial charge in [-0.15, -0.1) is 0 Å². The smallest absolute Gasteiger partial charge is 0.261 e. The molecule has 1 fully saturated rings. The highest BCUT2D eigenvalue weighted by molar-refractivity contribution is 6.04. The number of aromatic nitrogens is 3. The van der Waals surface area contributed by atoms with Crippen LogP contribution in [0.1, 0.15) is 37.0 Å². The van der Waals surface area contributed by atoms with Crippen molar-refractivity contribution in [1.29, 1.82) is 5.26 Å². The lowest BCUT2D eigenvalue weighted by Crippen LogP contribution is -2.38. The SMILES string of the molecule is COc1cc(Nc2nc(NCC(C)(C)CNC(=O)/C(C#N)=C/C3CC3)n3ccnc3c2C(N)=O)cc(OC)c1. The number of carbonyl (C=O) groups excluding carboxylic acids is 2. The second-order valence-corrected chi connectivity index (χ2v) is 10.1. The maximum Gasteiger partial charge on any atom is 0.261 e. The molecule has 2 heterocycles. The molecule has 2 amide bonds. The molecule has 0 spiro atoms. The number of carbonyl (C=O) groups is 2. The number of imidazole rings is 1. The standard InChI is InChI=1S/C27H32N8O4/c1-27(2,14-31-25(37)17(13-28)9-16-5-6-16)15-32-26-34-23(21(22(29)36)24-30-7-8-35(24)26)33-18-10-19(38-3)12-20(11-18)39-4/h7-12,16,33H,5-6,14-15H2,1-4H3,(H2,29,36)(H,31,37)(H,32,34)/b17-9+. The second kappa shape index (κ2) is 11.3. The third kappa shape index (κ3) is 6.56. The van der Waals surface area contributed by atoms with Gasteiger partial charge in [0.15, 0.2) is 11.5 Å². The summed E-state index contributed by atoms with van der Waals surface area (Å²) in [6.07, 6.45) is 6.99. The monoisotopic (exact) mass is 532 g/mol. The summed E-state index contributed by atoms with van der Waals surface area (Å²) in [5.74, 6) is 0.968. The van der Waals surface area contributed by atoms with Crippen LogP contribution in [0.25, 0.3) is 5.65 Å². The summed E-state index contributed by atoms with van der Waals surface area (Å²) >= 11 is 0. The fraction of sp³-hybridized carbons (Fsp3) is 0.370. The molecule has 1 aromatic carbocycles. The van der Waals surface area contributed by atoms with Crippen molar-refractivity contribution < 1.29 is 19.1 Å². The van der Waals surface area contributed by atoms with Gasteiger partial charge in [-0.3, -0.25) is 14.0 Å². The van der Waals surface area contributed by atoms with Gasteiger partial charge >= 0.3 is 0 Å². The van der Waals surface area contributed by atoms with E-state index in [1.807, 2.05) is 19.9 Å². The number of ether oxygens (including phenoxy) is 2. The van der Waals surface area contributed by atoms with E-state index in [0.29, 0.717) is 47.8 Å². The minimum atomic E-state index is -0.696. The largest absolute Gasteiger partial charge is 0.497 e. The van der Waals surface area contributed by atoms with Gasteiger partial charge < -0.3 is 31.2 Å². The first-order valence-electron chi connectivity index (χ1n) is 12.4. The average molecular weight is 533 g/mol. The van der Waals surface area contributed by atoms with Crippen LogP contribution in [0.4, 0.5) is 17.5 Å². The number of fused-ring (bicyclic) bond motifs is 1. The van der Waals surface area contributed by atoms with Crippen molar-refractivity contribution in [1.82, 2.24) is 19.7 Å². The van der Waals surface area contributed by atoms with E-state index in [1.165, 1.54) is 0 Å².